The molecule has 2 aromatic heterocycles. The number of aromatic hydroxyl groups is 1. The highest BCUT2D eigenvalue weighted by Gasteiger charge is 2.31. The van der Waals surface area contributed by atoms with Gasteiger partial charge in [-0.2, -0.15) is 4.52 Å². The van der Waals surface area contributed by atoms with Crippen molar-refractivity contribution in [3.05, 3.63) is 80.4 Å². The number of hydrogen-bond donors (Lipinski definition) is 1. The average Bonchev–Trinajstić information content (AvgIpc) is 3.21. The number of halogens is 1. The van der Waals surface area contributed by atoms with Crippen LogP contribution in [0, 0.1) is 6.92 Å². The van der Waals surface area contributed by atoms with Crippen LogP contribution in [0.4, 0.5) is 0 Å². The molecule has 2 aromatic carbocycles. The second-order valence-electron chi connectivity index (χ2n) is 7.09. The maximum absolute atomic E-state index is 11.0. The van der Waals surface area contributed by atoms with Gasteiger partial charge in [-0.15, -0.1) is 5.10 Å². The van der Waals surface area contributed by atoms with Gasteiger partial charge in [-0.25, -0.2) is 4.98 Å². The minimum atomic E-state index is -0.0461. The summed E-state index contributed by atoms with van der Waals surface area (Å²) in [5.41, 5.74) is 3.92. The fourth-order valence-corrected chi connectivity index (χ4v) is 5.36. The van der Waals surface area contributed by atoms with Gasteiger partial charge in [-0.1, -0.05) is 63.7 Å². The molecule has 0 saturated carbocycles. The molecule has 0 amide bonds. The predicted octanol–water partition coefficient (Wildman–Crippen LogP) is 4.72. The van der Waals surface area contributed by atoms with E-state index in [9.17, 15) is 5.11 Å². The smallest absolute Gasteiger partial charge is 0.230 e. The second kappa shape index (κ2) is 6.99. The van der Waals surface area contributed by atoms with Gasteiger partial charge >= 0.3 is 0 Å². The number of fused-ring (bicyclic) bond motifs is 2. The third-order valence-corrected chi connectivity index (χ3v) is 6.87. The lowest BCUT2D eigenvalue weighted by atomic mass is 9.96. The standard InChI is InChI=1S/C21H19BrN4OS/c1-13-23-21-26(24-13)20(27)19(28-21)18(15-6-8-17(22)9-7-15)25-11-10-14-4-2-3-5-16(14)12-25/h2-9,18,27H,10-12H2,1H3. The minimum absolute atomic E-state index is 0.0461. The minimum Gasteiger partial charge on any atom is -0.492 e. The van der Waals surface area contributed by atoms with Crippen LogP contribution < -0.4 is 0 Å². The molecular weight excluding hydrogens is 436 g/mol. The quantitative estimate of drug-likeness (QED) is 0.486. The summed E-state index contributed by atoms with van der Waals surface area (Å²) in [6.45, 7) is 3.62. The predicted molar refractivity (Wildman–Crippen MR) is 114 cm³/mol. The van der Waals surface area contributed by atoms with Crippen LogP contribution in [0.2, 0.25) is 0 Å². The molecule has 5 nitrogen and oxygen atoms in total. The van der Waals surface area contributed by atoms with Crippen LogP contribution in [0.15, 0.2) is 53.0 Å². The summed E-state index contributed by atoms with van der Waals surface area (Å²) < 4.78 is 2.60. The summed E-state index contributed by atoms with van der Waals surface area (Å²) in [6, 6.07) is 16.9. The molecule has 1 unspecified atom stereocenters. The average molecular weight is 455 g/mol. The van der Waals surface area contributed by atoms with Crippen LogP contribution in [0.1, 0.15) is 33.4 Å². The third kappa shape index (κ3) is 3.03. The van der Waals surface area contributed by atoms with E-state index in [0.717, 1.165) is 39.4 Å². The number of thiazole rings is 1. The number of aromatic nitrogens is 3. The van der Waals surface area contributed by atoms with Gasteiger partial charge in [0.15, 0.2) is 0 Å². The lowest BCUT2D eigenvalue weighted by molar-refractivity contribution is 0.205. The first-order valence-electron chi connectivity index (χ1n) is 9.21. The molecule has 0 bridgehead atoms. The first kappa shape index (κ1) is 17.8. The Hall–Kier alpha value is -2.22. The lowest BCUT2D eigenvalue weighted by Gasteiger charge is -2.35. The molecule has 142 valence electrons. The van der Waals surface area contributed by atoms with Crippen molar-refractivity contribution in [2.24, 2.45) is 0 Å². The monoisotopic (exact) mass is 454 g/mol. The Bertz CT molecular complexity index is 1150. The van der Waals surface area contributed by atoms with Gasteiger partial charge < -0.3 is 5.11 Å². The first-order chi connectivity index (χ1) is 13.6. The topological polar surface area (TPSA) is 53.7 Å². The molecule has 0 radical (unpaired) electrons. The fourth-order valence-electron chi connectivity index (χ4n) is 3.94. The first-order valence-corrected chi connectivity index (χ1v) is 10.8. The number of aryl methyl sites for hydroxylation is 1. The molecule has 1 aliphatic rings. The van der Waals surface area contributed by atoms with Crippen molar-refractivity contribution in [1.82, 2.24) is 19.5 Å². The van der Waals surface area contributed by atoms with E-state index < -0.39 is 0 Å². The molecule has 28 heavy (non-hydrogen) atoms. The molecule has 1 atom stereocenters. The Morgan fingerprint density at radius 2 is 1.86 bits per heavy atom. The zero-order valence-electron chi connectivity index (χ0n) is 15.3. The van der Waals surface area contributed by atoms with E-state index in [4.69, 9.17) is 0 Å². The van der Waals surface area contributed by atoms with Gasteiger partial charge in [0.05, 0.1) is 10.9 Å². The van der Waals surface area contributed by atoms with Crippen molar-refractivity contribution < 1.29 is 5.11 Å². The number of hydrogen-bond acceptors (Lipinski definition) is 5. The highest BCUT2D eigenvalue weighted by atomic mass is 79.9. The van der Waals surface area contributed by atoms with Crippen molar-refractivity contribution in [2.75, 3.05) is 6.54 Å². The molecule has 5 rings (SSSR count). The van der Waals surface area contributed by atoms with Crippen LogP contribution >= 0.6 is 27.3 Å². The van der Waals surface area contributed by atoms with Gasteiger partial charge in [0.25, 0.3) is 0 Å². The van der Waals surface area contributed by atoms with E-state index in [1.165, 1.54) is 22.5 Å². The Balaban J connectivity index is 1.62. The SMILES string of the molecule is Cc1nc2sc(C(c3ccc(Br)cc3)N3CCc4ccccc4C3)c(O)n2n1. The molecule has 0 aliphatic carbocycles. The van der Waals surface area contributed by atoms with Gasteiger partial charge in [0.1, 0.15) is 5.82 Å². The van der Waals surface area contributed by atoms with Crippen molar-refractivity contribution in [1.29, 1.82) is 0 Å². The van der Waals surface area contributed by atoms with Crippen LogP contribution in [0.5, 0.6) is 5.88 Å². The maximum Gasteiger partial charge on any atom is 0.230 e. The second-order valence-corrected chi connectivity index (χ2v) is 9.01. The highest BCUT2D eigenvalue weighted by molar-refractivity contribution is 9.10. The summed E-state index contributed by atoms with van der Waals surface area (Å²) >= 11 is 5.04. The third-order valence-electron chi connectivity index (χ3n) is 5.27. The summed E-state index contributed by atoms with van der Waals surface area (Å²) in [7, 11) is 0. The summed E-state index contributed by atoms with van der Waals surface area (Å²) in [5, 5.41) is 15.3. The van der Waals surface area contributed by atoms with Crippen LogP contribution in [-0.2, 0) is 13.0 Å². The number of nitrogens with zero attached hydrogens (tertiary/aromatic N) is 4. The summed E-state index contributed by atoms with van der Waals surface area (Å²) in [4.78, 5) is 8.50. The van der Waals surface area contributed by atoms with E-state index in [-0.39, 0.29) is 11.9 Å². The van der Waals surface area contributed by atoms with Gasteiger partial charge in [-0.3, -0.25) is 4.90 Å². The number of benzene rings is 2. The molecule has 1 aliphatic heterocycles. The highest BCUT2D eigenvalue weighted by Crippen LogP contribution is 2.41. The Labute approximate surface area is 175 Å². The largest absolute Gasteiger partial charge is 0.492 e. The van der Waals surface area contributed by atoms with E-state index in [1.54, 1.807) is 4.52 Å². The van der Waals surface area contributed by atoms with Crippen LogP contribution in [0.25, 0.3) is 4.96 Å². The fraction of sp³-hybridized carbons (Fsp3) is 0.238. The molecule has 4 aromatic rings. The molecule has 3 heterocycles. The number of rotatable bonds is 3. The van der Waals surface area contributed by atoms with E-state index in [1.807, 2.05) is 6.92 Å². The van der Waals surface area contributed by atoms with Crippen LogP contribution in [-0.4, -0.2) is 31.1 Å². The normalized spacial score (nSPS) is 15.6. The molecule has 0 saturated heterocycles. The van der Waals surface area contributed by atoms with E-state index in [0.29, 0.717) is 5.82 Å². The van der Waals surface area contributed by atoms with Gasteiger partial charge in [0, 0.05) is 17.6 Å². The van der Waals surface area contributed by atoms with Gasteiger partial charge in [-0.05, 0) is 42.2 Å². The van der Waals surface area contributed by atoms with Crippen molar-refractivity contribution >= 4 is 32.2 Å². The van der Waals surface area contributed by atoms with Crippen molar-refractivity contribution in [3.8, 4) is 5.88 Å². The Morgan fingerprint density at radius 1 is 1.11 bits per heavy atom. The molecule has 0 fully saturated rings. The van der Waals surface area contributed by atoms with E-state index >= 15 is 0 Å². The maximum atomic E-state index is 11.0. The Kier molecular flexibility index (Phi) is 4.45. The zero-order valence-corrected chi connectivity index (χ0v) is 17.7. The van der Waals surface area contributed by atoms with Crippen LogP contribution in [0.3, 0.4) is 0 Å². The van der Waals surface area contributed by atoms with Crippen molar-refractivity contribution in [2.45, 2.75) is 25.9 Å². The van der Waals surface area contributed by atoms with E-state index in [2.05, 4.69) is 79.4 Å². The molecular formula is C21H19BrN4OS. The molecule has 7 heteroatoms. The van der Waals surface area contributed by atoms with Crippen molar-refractivity contribution in [3.63, 3.8) is 0 Å². The molecule has 0 spiro atoms. The lowest BCUT2D eigenvalue weighted by Crippen LogP contribution is -2.34. The van der Waals surface area contributed by atoms with Gasteiger partial charge in [0.2, 0.25) is 10.8 Å². The molecule has 1 N–H and O–H groups in total. The Morgan fingerprint density at radius 3 is 2.61 bits per heavy atom. The summed E-state index contributed by atoms with van der Waals surface area (Å²) in [6.07, 6.45) is 1.00. The summed E-state index contributed by atoms with van der Waals surface area (Å²) in [5.74, 6) is 0.854. The zero-order chi connectivity index (χ0) is 19.3.